The van der Waals surface area contributed by atoms with Crippen LogP contribution in [0.5, 0.6) is 11.5 Å². The molecule has 0 aliphatic carbocycles. The Morgan fingerprint density at radius 2 is 1.29 bits per heavy atom. The van der Waals surface area contributed by atoms with Gasteiger partial charge in [0.25, 0.3) is 0 Å². The Labute approximate surface area is 336 Å². The zero-order valence-corrected chi connectivity index (χ0v) is 35.0. The van der Waals surface area contributed by atoms with Gasteiger partial charge in [-0.25, -0.2) is 0 Å². The number of nitriles is 1. The van der Waals surface area contributed by atoms with Gasteiger partial charge in [-0.05, 0) is 134 Å². The van der Waals surface area contributed by atoms with Crippen LogP contribution >= 0.6 is 32.7 Å². The Bertz CT molecular complexity index is 2300. The Morgan fingerprint density at radius 3 is 1.84 bits per heavy atom. The van der Waals surface area contributed by atoms with Gasteiger partial charge in [-0.1, -0.05) is 44.9 Å². The number of fused-ring (bicyclic) bond motifs is 3. The van der Waals surface area contributed by atoms with Crippen molar-refractivity contribution < 1.29 is 9.47 Å². The number of thiophene rings is 2. The highest BCUT2D eigenvalue weighted by atomic mass is 32.3. The van der Waals surface area contributed by atoms with E-state index < -0.39 is 10.0 Å². The number of unbranched alkanes of at least 4 members (excludes halogenated alkanes) is 2. The lowest BCUT2D eigenvalue weighted by Crippen LogP contribution is -2.09. The van der Waals surface area contributed by atoms with Crippen molar-refractivity contribution in [2.24, 2.45) is 7.05 Å². The van der Waals surface area contributed by atoms with Gasteiger partial charge in [-0.3, -0.25) is 0 Å². The second kappa shape index (κ2) is 16.8. The third-order valence-electron chi connectivity index (χ3n) is 10.4. The van der Waals surface area contributed by atoms with Crippen LogP contribution in [0.1, 0.15) is 62.6 Å². The average Bonchev–Trinajstić information content (AvgIpc) is 3.98. The molecule has 0 spiro atoms. The van der Waals surface area contributed by atoms with Gasteiger partial charge in [0.15, 0.2) is 0 Å². The molecule has 0 bridgehead atoms. The van der Waals surface area contributed by atoms with Gasteiger partial charge < -0.3 is 18.9 Å². The molecule has 0 radical (unpaired) electrons. The van der Waals surface area contributed by atoms with Crippen molar-refractivity contribution in [2.45, 2.75) is 56.2 Å². The lowest BCUT2D eigenvalue weighted by molar-refractivity contribution is 0.415. The summed E-state index contributed by atoms with van der Waals surface area (Å²) in [6.07, 6.45) is 11.4. The molecule has 55 heavy (non-hydrogen) atoms. The zero-order chi connectivity index (χ0) is 38.5. The fourth-order valence-electron chi connectivity index (χ4n) is 7.32. The van der Waals surface area contributed by atoms with Crippen molar-refractivity contribution >= 4 is 68.0 Å². The van der Waals surface area contributed by atoms with Crippen molar-refractivity contribution in [3.63, 3.8) is 0 Å². The average molecular weight is 784 g/mol. The van der Waals surface area contributed by atoms with E-state index in [2.05, 4.69) is 127 Å². The van der Waals surface area contributed by atoms with E-state index in [9.17, 15) is 5.26 Å². The van der Waals surface area contributed by atoms with E-state index in [0.717, 1.165) is 45.4 Å². The summed E-state index contributed by atoms with van der Waals surface area (Å²) in [5.41, 5.74) is 7.46. The molecule has 0 amide bonds. The standard InChI is InChI=1S/C47H49N3O2S3/c1-7-9-27-55(28-10-8-2)44-30-41(29-33(3)32-48)53-46(44)47-45(55)31-43(54-47)42-26-21-35(49(42)4)14-11-34-12-15-36(16-13-34)50(37-17-22-39(51-5)23-18-37)38-19-24-40(52-6)25-20-38/h11-26,29-31H,7-10,27-28H2,1-6H3/b14-11+,33-29+. The summed E-state index contributed by atoms with van der Waals surface area (Å²) in [6, 6.07) is 36.8. The topological polar surface area (TPSA) is 50.4 Å². The Balaban J connectivity index is 1.17. The van der Waals surface area contributed by atoms with Crippen LogP contribution in [0.3, 0.4) is 0 Å². The van der Waals surface area contributed by atoms with Crippen molar-refractivity contribution in [1.82, 2.24) is 4.57 Å². The molecule has 8 heteroatoms. The van der Waals surface area contributed by atoms with Gasteiger partial charge in [-0.2, -0.15) is 15.3 Å². The minimum atomic E-state index is -1.15. The number of benzene rings is 3. The molecule has 0 unspecified atom stereocenters. The number of allylic oxidation sites excluding steroid dienone is 1. The molecule has 3 aromatic carbocycles. The van der Waals surface area contributed by atoms with E-state index in [1.807, 2.05) is 53.9 Å². The molecule has 6 aromatic rings. The highest BCUT2D eigenvalue weighted by molar-refractivity contribution is 8.34. The molecule has 5 nitrogen and oxygen atoms in total. The number of nitrogens with zero attached hydrogens (tertiary/aromatic N) is 3. The molecule has 0 atom stereocenters. The van der Waals surface area contributed by atoms with Crippen LogP contribution in [0.25, 0.3) is 38.6 Å². The maximum atomic E-state index is 9.51. The summed E-state index contributed by atoms with van der Waals surface area (Å²) >= 11 is 3.83. The molecule has 1 aliphatic heterocycles. The van der Waals surface area contributed by atoms with Crippen LogP contribution < -0.4 is 14.4 Å². The Hall–Kier alpha value is -4.94. The molecule has 3 aromatic heterocycles. The van der Waals surface area contributed by atoms with Crippen LogP contribution in [0.15, 0.2) is 112 Å². The van der Waals surface area contributed by atoms with Crippen LogP contribution in [-0.2, 0) is 7.05 Å². The number of hydrogen-bond donors (Lipinski definition) is 0. The quantitative estimate of drug-likeness (QED) is 0.0973. The van der Waals surface area contributed by atoms with Crippen LogP contribution in [-0.4, -0.2) is 30.3 Å². The van der Waals surface area contributed by atoms with Crippen LogP contribution in [0.4, 0.5) is 17.1 Å². The fourth-order valence-corrected chi connectivity index (χ4v) is 15.6. The number of anilines is 3. The first kappa shape index (κ1) is 38.3. The van der Waals surface area contributed by atoms with Gasteiger partial charge in [0, 0.05) is 50.0 Å². The van der Waals surface area contributed by atoms with E-state index >= 15 is 0 Å². The van der Waals surface area contributed by atoms with E-state index in [1.54, 1.807) is 24.0 Å². The van der Waals surface area contributed by atoms with Crippen molar-refractivity contribution in [3.8, 4) is 37.9 Å². The van der Waals surface area contributed by atoms with Gasteiger partial charge >= 0.3 is 0 Å². The number of ether oxygens (including phenoxy) is 2. The maximum absolute atomic E-state index is 9.51. The summed E-state index contributed by atoms with van der Waals surface area (Å²) in [6.45, 7) is 6.54. The molecule has 0 N–H and O–H groups in total. The van der Waals surface area contributed by atoms with Crippen molar-refractivity contribution in [1.29, 1.82) is 5.26 Å². The molecule has 4 heterocycles. The fraction of sp³-hybridized carbons (Fsp3) is 0.255. The molecular formula is C47H49N3O2S3. The predicted molar refractivity (Wildman–Crippen MR) is 238 cm³/mol. The monoisotopic (exact) mass is 783 g/mol. The summed E-state index contributed by atoms with van der Waals surface area (Å²) in [7, 11) is 4.41. The number of aromatic nitrogens is 1. The largest absolute Gasteiger partial charge is 0.497 e. The summed E-state index contributed by atoms with van der Waals surface area (Å²) in [5.74, 6) is 4.14. The first-order chi connectivity index (χ1) is 26.8. The van der Waals surface area contributed by atoms with Gasteiger partial charge in [0.2, 0.25) is 0 Å². The third kappa shape index (κ3) is 7.66. The van der Waals surface area contributed by atoms with Gasteiger partial charge in [0.1, 0.15) is 11.5 Å². The van der Waals surface area contributed by atoms with E-state index in [0.29, 0.717) is 0 Å². The minimum absolute atomic E-state index is 0.763. The summed E-state index contributed by atoms with van der Waals surface area (Å²) in [5, 5.41) is 9.51. The van der Waals surface area contributed by atoms with Gasteiger partial charge in [-0.15, -0.1) is 22.7 Å². The molecule has 0 saturated carbocycles. The summed E-state index contributed by atoms with van der Waals surface area (Å²) < 4.78 is 13.2. The van der Waals surface area contributed by atoms with E-state index in [4.69, 9.17) is 9.47 Å². The smallest absolute Gasteiger partial charge is 0.119 e. The SMILES string of the molecule is CCCCS1(CCCC)c2cc(/C=C(\C)C#N)sc2-c2sc(-c3ccc(/C=C/c4ccc(N(c5ccc(OC)cc5)c5ccc(OC)cc5)cc4)n3C)cc21. The molecular weight excluding hydrogens is 735 g/mol. The van der Waals surface area contributed by atoms with E-state index in [-0.39, 0.29) is 0 Å². The lowest BCUT2D eigenvalue weighted by Gasteiger charge is -2.37. The summed E-state index contributed by atoms with van der Waals surface area (Å²) in [4.78, 5) is 10.9. The number of rotatable bonds is 15. The molecule has 0 fully saturated rings. The first-order valence-electron chi connectivity index (χ1n) is 19.0. The van der Waals surface area contributed by atoms with E-state index in [1.165, 1.54) is 62.4 Å². The van der Waals surface area contributed by atoms with Gasteiger partial charge in [0.05, 0.1) is 40.6 Å². The maximum Gasteiger partial charge on any atom is 0.119 e. The minimum Gasteiger partial charge on any atom is -0.497 e. The molecule has 0 saturated heterocycles. The second-order valence-corrected chi connectivity index (χ2v) is 19.5. The zero-order valence-electron chi connectivity index (χ0n) is 32.6. The third-order valence-corrected chi connectivity index (χ3v) is 17.3. The normalized spacial score (nSPS) is 13.7. The van der Waals surface area contributed by atoms with Crippen LogP contribution in [0.2, 0.25) is 0 Å². The van der Waals surface area contributed by atoms with Crippen LogP contribution in [0, 0.1) is 11.3 Å². The molecule has 7 rings (SSSR count). The Kier molecular flexibility index (Phi) is 11.7. The Morgan fingerprint density at radius 1 is 0.745 bits per heavy atom. The van der Waals surface area contributed by atoms with Crippen molar-refractivity contribution in [2.75, 3.05) is 30.6 Å². The highest BCUT2D eigenvalue weighted by Crippen LogP contribution is 2.75. The first-order valence-corrected chi connectivity index (χ1v) is 22.6. The number of hydrogen-bond acceptors (Lipinski definition) is 6. The van der Waals surface area contributed by atoms with Crippen molar-refractivity contribution in [3.05, 3.63) is 119 Å². The number of methoxy groups -OCH3 is 2. The highest BCUT2D eigenvalue weighted by Gasteiger charge is 2.41. The molecule has 282 valence electrons. The molecule has 1 aliphatic rings. The lowest BCUT2D eigenvalue weighted by atomic mass is 10.1. The second-order valence-electron chi connectivity index (χ2n) is 13.9. The predicted octanol–water partition coefficient (Wildman–Crippen LogP) is 14.2.